The molecule has 1 heterocycles. The lowest BCUT2D eigenvalue weighted by Gasteiger charge is -2.21. The molecule has 104 valence electrons. The minimum absolute atomic E-state index is 0.0273. The van der Waals surface area contributed by atoms with Crippen molar-refractivity contribution in [1.82, 2.24) is 9.55 Å². The van der Waals surface area contributed by atoms with E-state index < -0.39 is 0 Å². The first-order valence-corrected chi connectivity index (χ1v) is 7.21. The SMILES string of the molecule is CC(=O)c1nc2ccccc2n1C(=O)C1CCCCC1. The topological polar surface area (TPSA) is 52.0 Å². The van der Waals surface area contributed by atoms with Gasteiger partial charge in [-0.15, -0.1) is 0 Å². The third kappa shape index (κ3) is 2.15. The van der Waals surface area contributed by atoms with Crippen LogP contribution >= 0.6 is 0 Å². The molecule has 2 aromatic rings. The second-order valence-corrected chi connectivity index (χ2v) is 5.49. The van der Waals surface area contributed by atoms with Gasteiger partial charge in [-0.3, -0.25) is 14.2 Å². The molecule has 4 nitrogen and oxygen atoms in total. The number of carbonyl (C=O) groups is 2. The van der Waals surface area contributed by atoms with Crippen molar-refractivity contribution in [3.8, 4) is 0 Å². The first kappa shape index (κ1) is 13.0. The fourth-order valence-corrected chi connectivity index (χ4v) is 3.02. The van der Waals surface area contributed by atoms with E-state index in [1.165, 1.54) is 17.9 Å². The van der Waals surface area contributed by atoms with Gasteiger partial charge in [0, 0.05) is 12.8 Å². The Balaban J connectivity index is 2.10. The average Bonchev–Trinajstić information content (AvgIpc) is 2.87. The summed E-state index contributed by atoms with van der Waals surface area (Å²) in [7, 11) is 0. The Morgan fingerprint density at radius 2 is 1.85 bits per heavy atom. The van der Waals surface area contributed by atoms with Crippen LogP contribution in [0.25, 0.3) is 11.0 Å². The maximum Gasteiger partial charge on any atom is 0.236 e. The molecule has 0 saturated heterocycles. The summed E-state index contributed by atoms with van der Waals surface area (Å²) < 4.78 is 1.54. The molecule has 0 radical (unpaired) electrons. The van der Waals surface area contributed by atoms with E-state index in [0.29, 0.717) is 5.52 Å². The summed E-state index contributed by atoms with van der Waals surface area (Å²) in [5.41, 5.74) is 1.45. The predicted molar refractivity (Wildman–Crippen MR) is 76.9 cm³/mol. The molecule has 0 amide bonds. The standard InChI is InChI=1S/C16H18N2O2/c1-11(19)15-17-13-9-5-6-10-14(13)18(15)16(20)12-7-3-2-4-8-12/h5-6,9-10,12H,2-4,7-8H2,1H3. The molecule has 0 N–H and O–H groups in total. The summed E-state index contributed by atoms with van der Waals surface area (Å²) in [4.78, 5) is 28.9. The molecule has 1 aliphatic rings. The van der Waals surface area contributed by atoms with E-state index in [4.69, 9.17) is 0 Å². The smallest absolute Gasteiger partial charge is 0.236 e. The molecule has 20 heavy (non-hydrogen) atoms. The van der Waals surface area contributed by atoms with E-state index in [2.05, 4.69) is 4.98 Å². The zero-order valence-electron chi connectivity index (χ0n) is 11.6. The summed E-state index contributed by atoms with van der Waals surface area (Å²) in [6, 6.07) is 7.44. The molecule has 0 bridgehead atoms. The molecule has 1 aromatic carbocycles. The van der Waals surface area contributed by atoms with Crippen molar-refractivity contribution in [2.45, 2.75) is 39.0 Å². The number of fused-ring (bicyclic) bond motifs is 1. The van der Waals surface area contributed by atoms with Crippen molar-refractivity contribution >= 4 is 22.7 Å². The minimum atomic E-state index is -0.162. The fraction of sp³-hybridized carbons (Fsp3) is 0.438. The van der Waals surface area contributed by atoms with Crippen molar-refractivity contribution in [3.63, 3.8) is 0 Å². The van der Waals surface area contributed by atoms with Gasteiger partial charge in [0.2, 0.25) is 5.91 Å². The van der Waals surface area contributed by atoms with Crippen molar-refractivity contribution in [1.29, 1.82) is 0 Å². The highest BCUT2D eigenvalue weighted by Gasteiger charge is 2.27. The van der Waals surface area contributed by atoms with Crippen LogP contribution < -0.4 is 0 Å². The molecule has 0 unspecified atom stereocenters. The highest BCUT2D eigenvalue weighted by Crippen LogP contribution is 2.27. The Labute approximate surface area is 117 Å². The Bertz CT molecular complexity index is 666. The highest BCUT2D eigenvalue weighted by molar-refractivity contribution is 6.02. The fourth-order valence-electron chi connectivity index (χ4n) is 3.02. The average molecular weight is 270 g/mol. The number of ketones is 1. The third-order valence-corrected chi connectivity index (χ3v) is 4.05. The number of imidazole rings is 1. The minimum Gasteiger partial charge on any atom is -0.291 e. The normalized spacial score (nSPS) is 16.4. The van der Waals surface area contributed by atoms with Gasteiger partial charge in [0.25, 0.3) is 0 Å². The summed E-state index contributed by atoms with van der Waals surface area (Å²) in [5.74, 6) is 0.162. The molecule has 1 aliphatic carbocycles. The molecule has 4 heteroatoms. The van der Waals surface area contributed by atoms with E-state index in [9.17, 15) is 9.59 Å². The summed E-state index contributed by atoms with van der Waals surface area (Å²) in [6.45, 7) is 1.46. The summed E-state index contributed by atoms with van der Waals surface area (Å²) >= 11 is 0. The maximum absolute atomic E-state index is 12.8. The highest BCUT2D eigenvalue weighted by atomic mass is 16.2. The Kier molecular flexibility index (Phi) is 3.38. The van der Waals surface area contributed by atoms with Crippen LogP contribution in [0.5, 0.6) is 0 Å². The van der Waals surface area contributed by atoms with Crippen LogP contribution in [0.3, 0.4) is 0 Å². The van der Waals surface area contributed by atoms with Crippen LogP contribution in [-0.2, 0) is 0 Å². The van der Waals surface area contributed by atoms with Crippen LogP contribution in [-0.4, -0.2) is 21.2 Å². The van der Waals surface area contributed by atoms with Crippen molar-refractivity contribution in [2.24, 2.45) is 5.92 Å². The van der Waals surface area contributed by atoms with E-state index in [0.717, 1.165) is 31.2 Å². The van der Waals surface area contributed by atoms with Crippen LogP contribution in [0.2, 0.25) is 0 Å². The zero-order chi connectivity index (χ0) is 14.1. The molecular weight excluding hydrogens is 252 g/mol. The molecule has 3 rings (SSSR count). The predicted octanol–water partition coefficient (Wildman–Crippen LogP) is 3.46. The molecular formula is C16H18N2O2. The molecule has 0 atom stereocenters. The zero-order valence-corrected chi connectivity index (χ0v) is 11.6. The van der Waals surface area contributed by atoms with E-state index >= 15 is 0 Å². The number of carbonyl (C=O) groups excluding carboxylic acids is 2. The van der Waals surface area contributed by atoms with Gasteiger partial charge in [0.05, 0.1) is 11.0 Å². The number of rotatable bonds is 2. The summed E-state index contributed by atoms with van der Waals surface area (Å²) in [5, 5.41) is 0. The van der Waals surface area contributed by atoms with Gasteiger partial charge >= 0.3 is 0 Å². The lowest BCUT2D eigenvalue weighted by Crippen LogP contribution is -2.26. The Morgan fingerprint density at radius 1 is 1.15 bits per heavy atom. The first-order valence-electron chi connectivity index (χ1n) is 7.21. The Morgan fingerprint density at radius 3 is 2.55 bits per heavy atom. The number of aromatic nitrogens is 2. The van der Waals surface area contributed by atoms with Gasteiger partial charge in [-0.25, -0.2) is 4.98 Å². The molecule has 1 fully saturated rings. The lowest BCUT2D eigenvalue weighted by molar-refractivity contribution is 0.0792. The van der Waals surface area contributed by atoms with Crippen LogP contribution in [0.4, 0.5) is 0 Å². The van der Waals surface area contributed by atoms with Crippen molar-refractivity contribution in [3.05, 3.63) is 30.1 Å². The van der Waals surface area contributed by atoms with Crippen LogP contribution in [0.15, 0.2) is 24.3 Å². The molecule has 1 aromatic heterocycles. The van der Waals surface area contributed by atoms with Gasteiger partial charge in [-0.1, -0.05) is 31.4 Å². The van der Waals surface area contributed by atoms with Gasteiger partial charge < -0.3 is 0 Å². The number of benzene rings is 1. The van der Waals surface area contributed by atoms with Gasteiger partial charge in [0.1, 0.15) is 0 Å². The van der Waals surface area contributed by atoms with E-state index in [1.807, 2.05) is 24.3 Å². The quantitative estimate of drug-likeness (QED) is 0.785. The molecule has 0 aliphatic heterocycles. The van der Waals surface area contributed by atoms with Gasteiger partial charge in [-0.05, 0) is 25.0 Å². The first-order chi connectivity index (χ1) is 9.68. The monoisotopic (exact) mass is 270 g/mol. The second-order valence-electron chi connectivity index (χ2n) is 5.49. The van der Waals surface area contributed by atoms with Crippen LogP contribution in [0, 0.1) is 5.92 Å². The number of para-hydroxylation sites is 2. The van der Waals surface area contributed by atoms with E-state index in [1.54, 1.807) is 0 Å². The van der Waals surface area contributed by atoms with Gasteiger partial charge in [-0.2, -0.15) is 0 Å². The number of nitrogens with zero attached hydrogens (tertiary/aromatic N) is 2. The van der Waals surface area contributed by atoms with Gasteiger partial charge in [0.15, 0.2) is 11.6 Å². The number of hydrogen-bond acceptors (Lipinski definition) is 3. The van der Waals surface area contributed by atoms with E-state index in [-0.39, 0.29) is 23.4 Å². The molecule has 0 spiro atoms. The summed E-state index contributed by atoms with van der Waals surface area (Å²) in [6.07, 6.45) is 5.23. The lowest BCUT2D eigenvalue weighted by atomic mass is 9.88. The maximum atomic E-state index is 12.8. The third-order valence-electron chi connectivity index (χ3n) is 4.05. The van der Waals surface area contributed by atoms with Crippen molar-refractivity contribution in [2.75, 3.05) is 0 Å². The number of hydrogen-bond donors (Lipinski definition) is 0. The largest absolute Gasteiger partial charge is 0.291 e. The van der Waals surface area contributed by atoms with Crippen molar-refractivity contribution < 1.29 is 9.59 Å². The van der Waals surface area contributed by atoms with Crippen LogP contribution in [0.1, 0.15) is 54.4 Å². The molecule has 1 saturated carbocycles. The second kappa shape index (κ2) is 5.19. The number of Topliss-reactive ketones (excluding diaryl/α,β-unsaturated/α-hetero) is 1. The Hall–Kier alpha value is -1.97.